The summed E-state index contributed by atoms with van der Waals surface area (Å²) in [5.74, 6) is -0.00133. The molecule has 0 aliphatic carbocycles. The van der Waals surface area contributed by atoms with E-state index in [2.05, 4.69) is 16.9 Å². The van der Waals surface area contributed by atoms with E-state index in [9.17, 15) is 9.18 Å². The Kier molecular flexibility index (Phi) is 4.93. The molecular weight excluding hydrogens is 357 g/mol. The first-order chi connectivity index (χ1) is 13.5. The molecule has 1 aromatic heterocycles. The van der Waals surface area contributed by atoms with Crippen LogP contribution >= 0.6 is 0 Å². The van der Waals surface area contributed by atoms with Gasteiger partial charge in [-0.25, -0.2) is 14.2 Å². The van der Waals surface area contributed by atoms with Crippen LogP contribution in [0, 0.1) is 12.7 Å². The standard InChI is InChI=1S/C21H26FN5O/c1-14-5-3-7-17(22)20(14)26-13-15-12-24-19(23)11-18(15)27(21(26)28)16-6-4-9-25(2)10-8-16/h3,5,7,11-12,16H,4,6,8-10,13H2,1-2H3,(H2,23,24)/t16-/m0/s1. The number of halogens is 1. The minimum atomic E-state index is -0.388. The lowest BCUT2D eigenvalue weighted by Crippen LogP contribution is -2.52. The molecule has 148 valence electrons. The van der Waals surface area contributed by atoms with Crippen LogP contribution in [0.3, 0.4) is 0 Å². The molecule has 4 rings (SSSR count). The summed E-state index contributed by atoms with van der Waals surface area (Å²) in [5.41, 5.74) is 8.70. The van der Waals surface area contributed by atoms with Crippen LogP contribution in [0.2, 0.25) is 0 Å². The van der Waals surface area contributed by atoms with Crippen molar-refractivity contribution in [3.05, 3.63) is 47.4 Å². The molecular formula is C21H26FN5O. The number of nitrogen functional groups attached to an aromatic ring is 1. The van der Waals surface area contributed by atoms with Gasteiger partial charge < -0.3 is 10.6 Å². The van der Waals surface area contributed by atoms with Gasteiger partial charge in [0.05, 0.1) is 17.9 Å². The highest BCUT2D eigenvalue weighted by Gasteiger charge is 2.38. The van der Waals surface area contributed by atoms with E-state index in [0.717, 1.165) is 49.2 Å². The SMILES string of the molecule is Cc1cccc(F)c1N1Cc2cnc(N)cc2N([C@H]2CCCN(C)CC2)C1=O. The number of likely N-dealkylation sites (tertiary alicyclic amines) is 1. The van der Waals surface area contributed by atoms with Crippen molar-refractivity contribution in [2.75, 3.05) is 35.7 Å². The minimum absolute atomic E-state index is 0.0490. The summed E-state index contributed by atoms with van der Waals surface area (Å²) in [6.45, 7) is 4.04. The zero-order valence-electron chi connectivity index (χ0n) is 16.4. The molecule has 2 aliphatic heterocycles. The number of fused-ring (bicyclic) bond motifs is 1. The highest BCUT2D eigenvalue weighted by Crippen LogP contribution is 2.37. The number of rotatable bonds is 2. The van der Waals surface area contributed by atoms with E-state index in [0.29, 0.717) is 11.5 Å². The predicted molar refractivity (Wildman–Crippen MR) is 109 cm³/mol. The van der Waals surface area contributed by atoms with Crippen molar-refractivity contribution >= 4 is 23.2 Å². The summed E-state index contributed by atoms with van der Waals surface area (Å²) >= 11 is 0. The molecule has 1 atom stereocenters. The number of nitrogens with zero attached hydrogens (tertiary/aromatic N) is 4. The van der Waals surface area contributed by atoms with Crippen molar-refractivity contribution in [1.82, 2.24) is 9.88 Å². The minimum Gasteiger partial charge on any atom is -0.384 e. The molecule has 1 fully saturated rings. The number of aromatic nitrogens is 1. The maximum atomic E-state index is 14.7. The van der Waals surface area contributed by atoms with Crippen LogP contribution in [0.1, 0.15) is 30.4 Å². The number of nitrogens with two attached hydrogens (primary N) is 1. The largest absolute Gasteiger partial charge is 0.384 e. The summed E-state index contributed by atoms with van der Waals surface area (Å²) in [6, 6.07) is 6.52. The first kappa shape index (κ1) is 18.7. The lowest BCUT2D eigenvalue weighted by atomic mass is 10.0. The molecule has 2 aliphatic rings. The Bertz CT molecular complexity index is 882. The van der Waals surface area contributed by atoms with Crippen LogP contribution < -0.4 is 15.5 Å². The van der Waals surface area contributed by atoms with Crippen LogP contribution in [-0.2, 0) is 6.54 Å². The Morgan fingerprint density at radius 3 is 2.86 bits per heavy atom. The van der Waals surface area contributed by atoms with Gasteiger partial charge in [0.2, 0.25) is 0 Å². The van der Waals surface area contributed by atoms with E-state index in [4.69, 9.17) is 5.73 Å². The van der Waals surface area contributed by atoms with Crippen molar-refractivity contribution in [2.24, 2.45) is 0 Å². The fourth-order valence-corrected chi connectivity index (χ4v) is 4.28. The average molecular weight is 383 g/mol. The third-order valence-electron chi connectivity index (χ3n) is 5.75. The number of benzene rings is 1. The van der Waals surface area contributed by atoms with Gasteiger partial charge in [0.15, 0.2) is 0 Å². The Morgan fingerprint density at radius 2 is 2.07 bits per heavy atom. The van der Waals surface area contributed by atoms with Gasteiger partial charge in [-0.3, -0.25) is 9.80 Å². The Balaban J connectivity index is 1.79. The van der Waals surface area contributed by atoms with Gasteiger partial charge in [-0.05, 0) is 58.0 Å². The number of para-hydroxylation sites is 1. The molecule has 0 unspecified atom stereocenters. The second-order valence-electron chi connectivity index (χ2n) is 7.77. The number of carbonyl (C=O) groups is 1. The number of aryl methyl sites for hydroxylation is 1. The summed E-state index contributed by atoms with van der Waals surface area (Å²) in [4.78, 5) is 23.5. The number of hydrogen-bond acceptors (Lipinski definition) is 4. The van der Waals surface area contributed by atoms with E-state index in [-0.39, 0.29) is 24.4 Å². The van der Waals surface area contributed by atoms with Gasteiger partial charge in [0.25, 0.3) is 0 Å². The third-order valence-corrected chi connectivity index (χ3v) is 5.75. The average Bonchev–Trinajstić information content (AvgIpc) is 2.87. The van der Waals surface area contributed by atoms with E-state index in [1.807, 2.05) is 17.9 Å². The normalized spacial score (nSPS) is 20.8. The molecule has 0 spiro atoms. The predicted octanol–water partition coefficient (Wildman–Crippen LogP) is 3.54. The molecule has 2 amide bonds. The van der Waals surface area contributed by atoms with Crippen molar-refractivity contribution in [1.29, 1.82) is 0 Å². The van der Waals surface area contributed by atoms with E-state index in [1.165, 1.54) is 6.07 Å². The second kappa shape index (κ2) is 7.39. The van der Waals surface area contributed by atoms with Crippen LogP contribution in [0.15, 0.2) is 30.5 Å². The summed E-state index contributed by atoms with van der Waals surface area (Å²) in [7, 11) is 2.10. The highest BCUT2D eigenvalue weighted by atomic mass is 19.1. The van der Waals surface area contributed by atoms with E-state index < -0.39 is 0 Å². The molecule has 2 N–H and O–H groups in total. The van der Waals surface area contributed by atoms with Gasteiger partial charge in [-0.2, -0.15) is 0 Å². The maximum Gasteiger partial charge on any atom is 0.329 e. The number of urea groups is 1. The number of amides is 2. The molecule has 1 saturated heterocycles. The first-order valence-electron chi connectivity index (χ1n) is 9.74. The van der Waals surface area contributed by atoms with Crippen LogP contribution in [0.4, 0.5) is 26.4 Å². The number of anilines is 3. The fourth-order valence-electron chi connectivity index (χ4n) is 4.28. The van der Waals surface area contributed by atoms with Crippen LogP contribution in [0.5, 0.6) is 0 Å². The summed E-state index contributed by atoms with van der Waals surface area (Å²) < 4.78 is 14.7. The number of hydrogen-bond donors (Lipinski definition) is 1. The second-order valence-corrected chi connectivity index (χ2v) is 7.77. The monoisotopic (exact) mass is 383 g/mol. The van der Waals surface area contributed by atoms with Crippen molar-refractivity contribution in [3.8, 4) is 0 Å². The molecule has 0 radical (unpaired) electrons. The zero-order chi connectivity index (χ0) is 19.8. The fraction of sp³-hybridized carbons (Fsp3) is 0.429. The van der Waals surface area contributed by atoms with Crippen LogP contribution in [-0.4, -0.2) is 42.1 Å². The molecule has 0 bridgehead atoms. The number of pyridine rings is 1. The quantitative estimate of drug-likeness (QED) is 0.861. The van der Waals surface area contributed by atoms with E-state index in [1.54, 1.807) is 23.2 Å². The molecule has 0 saturated carbocycles. The Labute approximate surface area is 164 Å². The summed E-state index contributed by atoms with van der Waals surface area (Å²) in [6.07, 6.45) is 4.49. The zero-order valence-corrected chi connectivity index (χ0v) is 16.4. The first-order valence-corrected chi connectivity index (χ1v) is 9.74. The molecule has 2 aromatic rings. The smallest absolute Gasteiger partial charge is 0.329 e. The molecule has 3 heterocycles. The van der Waals surface area contributed by atoms with Gasteiger partial charge in [0, 0.05) is 23.9 Å². The Morgan fingerprint density at radius 1 is 1.25 bits per heavy atom. The number of carbonyl (C=O) groups excluding carboxylic acids is 1. The van der Waals surface area contributed by atoms with Crippen molar-refractivity contribution < 1.29 is 9.18 Å². The maximum absolute atomic E-state index is 14.7. The third kappa shape index (κ3) is 3.30. The highest BCUT2D eigenvalue weighted by molar-refractivity contribution is 6.07. The lowest BCUT2D eigenvalue weighted by Gasteiger charge is -2.41. The Hall–Kier alpha value is -2.67. The molecule has 6 nitrogen and oxygen atoms in total. The topological polar surface area (TPSA) is 65.7 Å². The van der Waals surface area contributed by atoms with E-state index >= 15 is 0 Å². The van der Waals surface area contributed by atoms with Crippen molar-refractivity contribution in [2.45, 2.75) is 38.8 Å². The molecule has 1 aromatic carbocycles. The molecule has 7 heteroatoms. The van der Waals surface area contributed by atoms with Gasteiger partial charge in [0.1, 0.15) is 11.6 Å². The van der Waals surface area contributed by atoms with Gasteiger partial charge in [-0.15, -0.1) is 0 Å². The summed E-state index contributed by atoms with van der Waals surface area (Å²) in [5, 5.41) is 0. The van der Waals surface area contributed by atoms with Crippen molar-refractivity contribution in [3.63, 3.8) is 0 Å². The lowest BCUT2D eigenvalue weighted by molar-refractivity contribution is 0.246. The molecule has 28 heavy (non-hydrogen) atoms. The van der Waals surface area contributed by atoms with Gasteiger partial charge >= 0.3 is 6.03 Å². The van der Waals surface area contributed by atoms with Crippen LogP contribution in [0.25, 0.3) is 0 Å². The van der Waals surface area contributed by atoms with Gasteiger partial charge in [-0.1, -0.05) is 12.1 Å².